The summed E-state index contributed by atoms with van der Waals surface area (Å²) in [5.74, 6) is -4.32. The Morgan fingerprint density at radius 3 is 1.35 bits per heavy atom. The number of carboxylic acid groups (broad SMARTS) is 2. The van der Waals surface area contributed by atoms with Crippen LogP contribution in [-0.4, -0.2) is 34.1 Å². The third-order valence-electron chi connectivity index (χ3n) is 3.67. The van der Waals surface area contributed by atoms with E-state index in [1.807, 2.05) is 0 Å². The van der Waals surface area contributed by atoms with Crippen molar-refractivity contribution in [2.24, 2.45) is 0 Å². The second kappa shape index (κ2) is 11.2. The molecule has 31 heavy (non-hydrogen) atoms. The number of carbonyl (C=O) groups excluding carboxylic acids is 2. The zero-order chi connectivity index (χ0) is 23.3. The van der Waals surface area contributed by atoms with Crippen LogP contribution in [0.5, 0.6) is 11.5 Å². The molecule has 0 aliphatic carbocycles. The largest absolute Gasteiger partial charge is 0.478 e. The molecule has 0 fully saturated rings. The molecule has 0 aliphatic heterocycles. The summed E-state index contributed by atoms with van der Waals surface area (Å²) in [6, 6.07) is 5.65. The molecule has 0 saturated carbocycles. The highest BCUT2D eigenvalue weighted by Gasteiger charge is 2.21. The van der Waals surface area contributed by atoms with Gasteiger partial charge in [0.15, 0.2) is 11.5 Å². The fourth-order valence-corrected chi connectivity index (χ4v) is 4.97. The number of ether oxygens (including phenoxy) is 2. The van der Waals surface area contributed by atoms with E-state index in [4.69, 9.17) is 9.47 Å². The summed E-state index contributed by atoms with van der Waals surface area (Å²) >= 11 is 12.6. The van der Waals surface area contributed by atoms with Crippen LogP contribution in [0, 0.1) is 0 Å². The van der Waals surface area contributed by atoms with Crippen LogP contribution in [0.3, 0.4) is 0 Å². The first-order valence-electron chi connectivity index (χ1n) is 8.35. The van der Waals surface area contributed by atoms with Crippen molar-refractivity contribution < 1.29 is 38.9 Å². The maximum atomic E-state index is 12.1. The Balaban J connectivity index is 1.98. The van der Waals surface area contributed by atoms with Crippen molar-refractivity contribution in [3.8, 4) is 11.5 Å². The molecule has 0 radical (unpaired) electrons. The highest BCUT2D eigenvalue weighted by Crippen LogP contribution is 2.34. The van der Waals surface area contributed by atoms with E-state index in [2.05, 4.69) is 63.7 Å². The Morgan fingerprint density at radius 2 is 1.03 bits per heavy atom. The summed E-state index contributed by atoms with van der Waals surface area (Å²) in [5.41, 5.74) is -0.425. The topological polar surface area (TPSA) is 127 Å². The first kappa shape index (κ1) is 25.5. The maximum Gasteiger partial charge on any atom is 0.339 e. The molecule has 2 rings (SSSR count). The molecule has 0 amide bonds. The van der Waals surface area contributed by atoms with Gasteiger partial charge in [0.1, 0.15) is 11.1 Å². The first-order valence-corrected chi connectivity index (χ1v) is 11.5. The standard InChI is InChI=1S/C19H12Br4O8/c20-8-4-10(18(26)27)16(12(22)6-8)30-14(24)2-1-3-15(25)31-17-11(19(28)29)5-9(21)7-13(17)23/h4-7H,1-3H2,(H,26,27)(H,28,29). The van der Waals surface area contributed by atoms with Gasteiger partial charge in [-0.2, -0.15) is 0 Å². The smallest absolute Gasteiger partial charge is 0.339 e. The third kappa shape index (κ3) is 7.13. The Morgan fingerprint density at radius 1 is 0.677 bits per heavy atom. The Hall–Kier alpha value is -1.76. The number of hydrogen-bond donors (Lipinski definition) is 2. The van der Waals surface area contributed by atoms with E-state index < -0.39 is 23.9 Å². The summed E-state index contributed by atoms with van der Waals surface area (Å²) in [5, 5.41) is 18.5. The number of benzene rings is 2. The van der Waals surface area contributed by atoms with Crippen molar-refractivity contribution in [2.45, 2.75) is 19.3 Å². The van der Waals surface area contributed by atoms with Gasteiger partial charge in [-0.05, 0) is 62.5 Å². The molecular weight excluding hydrogens is 676 g/mol. The molecule has 8 nitrogen and oxygen atoms in total. The molecule has 0 spiro atoms. The molecule has 2 N–H and O–H groups in total. The fourth-order valence-electron chi connectivity index (χ4n) is 2.35. The molecule has 2 aromatic rings. The second-order valence-corrected chi connectivity index (χ2v) is 9.48. The van der Waals surface area contributed by atoms with Crippen LogP contribution in [0.15, 0.2) is 42.2 Å². The van der Waals surface area contributed by atoms with Gasteiger partial charge in [0, 0.05) is 21.8 Å². The quantitative estimate of drug-likeness (QED) is 0.263. The number of carbonyl (C=O) groups is 4. The molecule has 0 heterocycles. The molecule has 0 aromatic heterocycles. The number of rotatable bonds is 8. The van der Waals surface area contributed by atoms with Crippen LogP contribution in [0.4, 0.5) is 0 Å². The third-order valence-corrected chi connectivity index (χ3v) is 5.76. The second-order valence-electron chi connectivity index (χ2n) is 5.94. The summed E-state index contributed by atoms with van der Waals surface area (Å²) < 4.78 is 11.8. The van der Waals surface area contributed by atoms with E-state index in [-0.39, 0.29) is 50.8 Å². The average Bonchev–Trinajstić information content (AvgIpc) is 2.65. The van der Waals surface area contributed by atoms with E-state index in [0.717, 1.165) is 0 Å². The van der Waals surface area contributed by atoms with Crippen LogP contribution < -0.4 is 9.47 Å². The minimum Gasteiger partial charge on any atom is -0.478 e. The van der Waals surface area contributed by atoms with E-state index in [1.165, 1.54) is 24.3 Å². The molecule has 12 heteroatoms. The van der Waals surface area contributed by atoms with Crippen LogP contribution in [0.2, 0.25) is 0 Å². The zero-order valence-corrected chi connectivity index (χ0v) is 21.6. The monoisotopic (exact) mass is 684 g/mol. The maximum absolute atomic E-state index is 12.1. The molecule has 0 saturated heterocycles. The van der Waals surface area contributed by atoms with Gasteiger partial charge in [0.05, 0.1) is 8.95 Å². The Kier molecular flexibility index (Phi) is 9.22. The van der Waals surface area contributed by atoms with E-state index in [0.29, 0.717) is 8.95 Å². The number of hydrogen-bond acceptors (Lipinski definition) is 6. The van der Waals surface area contributed by atoms with Crippen LogP contribution in [0.1, 0.15) is 40.0 Å². The van der Waals surface area contributed by atoms with Gasteiger partial charge in [-0.15, -0.1) is 0 Å². The number of halogens is 4. The average molecular weight is 688 g/mol. The van der Waals surface area contributed by atoms with Crippen molar-refractivity contribution in [1.82, 2.24) is 0 Å². The highest BCUT2D eigenvalue weighted by atomic mass is 79.9. The lowest BCUT2D eigenvalue weighted by Gasteiger charge is -2.11. The van der Waals surface area contributed by atoms with Crippen molar-refractivity contribution in [1.29, 1.82) is 0 Å². The first-order chi connectivity index (χ1) is 14.5. The minimum absolute atomic E-state index is 0.0464. The predicted octanol–water partition coefficient (Wildman–Crippen LogP) is 5.81. The van der Waals surface area contributed by atoms with Gasteiger partial charge in [-0.1, -0.05) is 31.9 Å². The van der Waals surface area contributed by atoms with Gasteiger partial charge in [0.2, 0.25) is 0 Å². The normalized spacial score (nSPS) is 10.5. The number of esters is 2. The number of carboxylic acids is 2. The number of aromatic carboxylic acids is 2. The van der Waals surface area contributed by atoms with Gasteiger partial charge in [-0.3, -0.25) is 9.59 Å². The minimum atomic E-state index is -1.28. The van der Waals surface area contributed by atoms with E-state index in [9.17, 15) is 29.4 Å². The molecule has 0 aliphatic rings. The van der Waals surface area contributed by atoms with Crippen molar-refractivity contribution in [3.63, 3.8) is 0 Å². The van der Waals surface area contributed by atoms with Gasteiger partial charge in [0.25, 0.3) is 0 Å². The summed E-state index contributed by atoms with van der Waals surface area (Å²) in [7, 11) is 0. The van der Waals surface area contributed by atoms with Crippen LogP contribution in [-0.2, 0) is 9.59 Å². The molecule has 0 unspecified atom stereocenters. The van der Waals surface area contributed by atoms with Crippen molar-refractivity contribution in [3.05, 3.63) is 53.3 Å². The summed E-state index contributed by atoms with van der Waals surface area (Å²) in [6.07, 6.45) is -0.335. The van der Waals surface area contributed by atoms with Gasteiger partial charge >= 0.3 is 23.9 Å². The van der Waals surface area contributed by atoms with Crippen LogP contribution >= 0.6 is 63.7 Å². The summed E-state index contributed by atoms with van der Waals surface area (Å²) in [6.45, 7) is 0. The van der Waals surface area contributed by atoms with Gasteiger partial charge in [-0.25, -0.2) is 9.59 Å². The molecule has 2 aromatic carbocycles. The van der Waals surface area contributed by atoms with Crippen molar-refractivity contribution in [2.75, 3.05) is 0 Å². The zero-order valence-electron chi connectivity index (χ0n) is 15.3. The Bertz CT molecular complexity index is 984. The lowest BCUT2D eigenvalue weighted by molar-refractivity contribution is -0.136. The van der Waals surface area contributed by atoms with Crippen LogP contribution in [0.25, 0.3) is 0 Å². The molecule has 0 bridgehead atoms. The van der Waals surface area contributed by atoms with Crippen molar-refractivity contribution >= 4 is 87.6 Å². The summed E-state index contributed by atoms with van der Waals surface area (Å²) in [4.78, 5) is 46.9. The Labute approximate surface area is 209 Å². The lowest BCUT2D eigenvalue weighted by Crippen LogP contribution is -2.14. The predicted molar refractivity (Wildman–Crippen MR) is 123 cm³/mol. The molecule has 164 valence electrons. The highest BCUT2D eigenvalue weighted by molar-refractivity contribution is 9.11. The van der Waals surface area contributed by atoms with E-state index >= 15 is 0 Å². The van der Waals surface area contributed by atoms with Gasteiger partial charge < -0.3 is 19.7 Å². The molecule has 0 atom stereocenters. The molecular formula is C19H12Br4O8. The SMILES string of the molecule is O=C(CCCC(=O)Oc1c(Br)cc(Br)cc1C(=O)O)Oc1c(Br)cc(Br)cc1C(=O)O. The lowest BCUT2D eigenvalue weighted by atomic mass is 10.2. The van der Waals surface area contributed by atoms with E-state index in [1.54, 1.807) is 0 Å². The fraction of sp³-hybridized carbons (Fsp3) is 0.158.